The van der Waals surface area contributed by atoms with Crippen molar-refractivity contribution in [1.82, 2.24) is 12.3 Å². The maximum absolute atomic E-state index is 7.33. The van der Waals surface area contributed by atoms with Crippen molar-refractivity contribution in [3.63, 3.8) is 0 Å². The average molecular weight is 78.1 g/mol. The number of hydrogen-bond donors (Lipinski definition) is 3. The van der Waals surface area contributed by atoms with Crippen LogP contribution in [0.15, 0.2) is 12.8 Å². The summed E-state index contributed by atoms with van der Waals surface area (Å²) in [4.78, 5) is 0. The Balaban J connectivity index is -0.0000000200. The van der Waals surface area contributed by atoms with Crippen molar-refractivity contribution in [3.8, 4) is 0 Å². The van der Waals surface area contributed by atoms with E-state index >= 15 is 0 Å². The van der Waals surface area contributed by atoms with Crippen molar-refractivity contribution in [2.24, 2.45) is 0 Å². The zero-order valence-corrected chi connectivity index (χ0v) is 3.15. The van der Waals surface area contributed by atoms with Gasteiger partial charge in [0.05, 0.1) is 6.26 Å². The minimum absolute atomic E-state index is 0. The standard InChI is InChI=1S/C2H4O.2H3N/c1-2-3;;/h2-3H,1H2;2*1H3. The van der Waals surface area contributed by atoms with Crippen LogP contribution < -0.4 is 12.3 Å². The van der Waals surface area contributed by atoms with Crippen molar-refractivity contribution in [3.05, 3.63) is 12.8 Å². The van der Waals surface area contributed by atoms with E-state index in [0.717, 1.165) is 6.26 Å². The minimum Gasteiger partial charge on any atom is -0.516 e. The lowest BCUT2D eigenvalue weighted by atomic mass is 11.2. The summed E-state index contributed by atoms with van der Waals surface area (Å²) in [6, 6.07) is 0. The minimum atomic E-state index is 0. The second-order valence-electron chi connectivity index (χ2n) is 0.183. The molecule has 3 nitrogen and oxygen atoms in total. The lowest BCUT2D eigenvalue weighted by molar-refractivity contribution is 0.476. The Morgan fingerprint density at radius 2 is 1.40 bits per heavy atom. The molecule has 0 aliphatic heterocycles. The van der Waals surface area contributed by atoms with Crippen LogP contribution in [0.1, 0.15) is 0 Å². The molecule has 0 rings (SSSR count). The van der Waals surface area contributed by atoms with E-state index in [9.17, 15) is 0 Å². The molecule has 0 spiro atoms. The fraction of sp³-hybridized carbons (Fsp3) is 0. The Morgan fingerprint density at radius 1 is 1.40 bits per heavy atom. The summed E-state index contributed by atoms with van der Waals surface area (Å²) in [7, 11) is 0. The van der Waals surface area contributed by atoms with Gasteiger partial charge in [0, 0.05) is 0 Å². The fourth-order valence-corrected chi connectivity index (χ4v) is 0. The van der Waals surface area contributed by atoms with E-state index in [1.54, 1.807) is 0 Å². The van der Waals surface area contributed by atoms with Gasteiger partial charge < -0.3 is 17.4 Å². The number of rotatable bonds is 0. The lowest BCUT2D eigenvalue weighted by Crippen LogP contribution is -1.25. The molecule has 0 radical (unpaired) electrons. The third-order valence-electron chi connectivity index (χ3n) is 0. The first-order chi connectivity index (χ1) is 1.41. The molecule has 0 saturated carbocycles. The van der Waals surface area contributed by atoms with E-state index in [4.69, 9.17) is 5.11 Å². The van der Waals surface area contributed by atoms with Gasteiger partial charge in [-0.15, -0.1) is 0 Å². The highest BCUT2D eigenvalue weighted by Crippen LogP contribution is 1.26. The molecule has 34 valence electrons. The fourth-order valence-electron chi connectivity index (χ4n) is 0. The predicted octanol–water partition coefficient (Wildman–Crippen LogP) is 1.01. The van der Waals surface area contributed by atoms with Crippen molar-refractivity contribution >= 4 is 0 Å². The molecule has 0 atom stereocenters. The number of aliphatic hydroxyl groups is 1. The molecule has 0 bridgehead atoms. The van der Waals surface area contributed by atoms with E-state index in [2.05, 4.69) is 6.58 Å². The lowest BCUT2D eigenvalue weighted by Gasteiger charge is -1.41. The van der Waals surface area contributed by atoms with Crippen molar-refractivity contribution < 1.29 is 5.11 Å². The van der Waals surface area contributed by atoms with Gasteiger partial charge in [0.2, 0.25) is 0 Å². The first-order valence-electron chi connectivity index (χ1n) is 0.666. The third-order valence-corrected chi connectivity index (χ3v) is 0. The first-order valence-corrected chi connectivity index (χ1v) is 0.666. The van der Waals surface area contributed by atoms with E-state index in [1.165, 1.54) is 0 Å². The van der Waals surface area contributed by atoms with Gasteiger partial charge in [-0.1, -0.05) is 6.58 Å². The second kappa shape index (κ2) is 99.0. The van der Waals surface area contributed by atoms with E-state index < -0.39 is 0 Å². The molecule has 0 aromatic rings. The molecule has 0 saturated heterocycles. The molecule has 0 aliphatic carbocycles. The van der Waals surface area contributed by atoms with Gasteiger partial charge in [0.25, 0.3) is 0 Å². The van der Waals surface area contributed by atoms with Gasteiger partial charge in [-0.2, -0.15) is 0 Å². The molecule has 3 heteroatoms. The summed E-state index contributed by atoms with van der Waals surface area (Å²) in [5.41, 5.74) is 0. The summed E-state index contributed by atoms with van der Waals surface area (Å²) < 4.78 is 0. The van der Waals surface area contributed by atoms with Crippen LogP contribution >= 0.6 is 0 Å². The predicted molar refractivity (Wildman–Crippen MR) is 22.9 cm³/mol. The van der Waals surface area contributed by atoms with Crippen molar-refractivity contribution in [1.29, 1.82) is 0 Å². The monoisotopic (exact) mass is 78.1 g/mol. The van der Waals surface area contributed by atoms with Gasteiger partial charge in [-0.25, -0.2) is 0 Å². The molecule has 0 heterocycles. The van der Waals surface area contributed by atoms with Gasteiger partial charge in [-0.05, 0) is 0 Å². The summed E-state index contributed by atoms with van der Waals surface area (Å²) in [6.07, 6.45) is 0.750. The molecule has 5 heavy (non-hydrogen) atoms. The maximum Gasteiger partial charge on any atom is 0.0719 e. The molecule has 0 aromatic carbocycles. The SMILES string of the molecule is C=CO.N.N. The summed E-state index contributed by atoms with van der Waals surface area (Å²) in [6.45, 7) is 2.92. The Hall–Kier alpha value is -0.540. The van der Waals surface area contributed by atoms with Crippen LogP contribution in [0.2, 0.25) is 0 Å². The molecule has 0 aliphatic rings. The van der Waals surface area contributed by atoms with Crippen LogP contribution in [0, 0.1) is 0 Å². The van der Waals surface area contributed by atoms with Gasteiger partial charge in [-0.3, -0.25) is 0 Å². The number of aliphatic hydroxyl groups excluding tert-OH is 1. The molecular weight excluding hydrogens is 68.0 g/mol. The van der Waals surface area contributed by atoms with Crippen LogP contribution in [-0.2, 0) is 0 Å². The Kier molecular flexibility index (Phi) is 496. The van der Waals surface area contributed by atoms with Gasteiger partial charge in [0.15, 0.2) is 0 Å². The number of hydrogen-bond acceptors (Lipinski definition) is 3. The second-order valence-corrected chi connectivity index (χ2v) is 0.183. The van der Waals surface area contributed by atoms with Crippen LogP contribution in [0.3, 0.4) is 0 Å². The van der Waals surface area contributed by atoms with Crippen LogP contribution in [0.4, 0.5) is 0 Å². The third kappa shape index (κ3) is 25.3. The van der Waals surface area contributed by atoms with Crippen molar-refractivity contribution in [2.75, 3.05) is 0 Å². The van der Waals surface area contributed by atoms with Gasteiger partial charge >= 0.3 is 0 Å². The quantitative estimate of drug-likeness (QED) is 0.377. The zero-order chi connectivity index (χ0) is 2.71. The molecule has 0 aromatic heterocycles. The largest absolute Gasteiger partial charge is 0.516 e. The molecular formula is C2H10N2O. The summed E-state index contributed by atoms with van der Waals surface area (Å²) >= 11 is 0. The van der Waals surface area contributed by atoms with E-state index in [1.807, 2.05) is 0 Å². The smallest absolute Gasteiger partial charge is 0.0719 e. The highest BCUT2D eigenvalue weighted by molar-refractivity contribution is 4.38. The van der Waals surface area contributed by atoms with E-state index in [-0.39, 0.29) is 12.3 Å². The topological polar surface area (TPSA) is 90.2 Å². The summed E-state index contributed by atoms with van der Waals surface area (Å²) in [5, 5.41) is 7.33. The Morgan fingerprint density at radius 3 is 1.40 bits per heavy atom. The van der Waals surface area contributed by atoms with Crippen LogP contribution in [-0.4, -0.2) is 5.11 Å². The zero-order valence-electron chi connectivity index (χ0n) is 3.15. The Labute approximate surface area is 31.5 Å². The molecule has 0 fully saturated rings. The normalized spacial score (nSPS) is 2.40. The van der Waals surface area contributed by atoms with Crippen molar-refractivity contribution in [2.45, 2.75) is 0 Å². The van der Waals surface area contributed by atoms with Gasteiger partial charge in [0.1, 0.15) is 0 Å². The highest BCUT2D eigenvalue weighted by Gasteiger charge is 1.11. The highest BCUT2D eigenvalue weighted by atomic mass is 16.2. The summed E-state index contributed by atoms with van der Waals surface area (Å²) in [5.74, 6) is 0. The molecule has 0 unspecified atom stereocenters. The first kappa shape index (κ1) is 25.0. The Bertz CT molecular complexity index is 15.1. The maximum atomic E-state index is 7.33. The van der Waals surface area contributed by atoms with Crippen LogP contribution in [0.25, 0.3) is 0 Å². The van der Waals surface area contributed by atoms with Crippen LogP contribution in [0.5, 0.6) is 0 Å². The molecule has 7 N–H and O–H groups in total. The molecule has 0 amide bonds. The average Bonchev–Trinajstić information content (AvgIpc) is 0.918. The van der Waals surface area contributed by atoms with E-state index in [0.29, 0.717) is 0 Å².